The predicted octanol–water partition coefficient (Wildman–Crippen LogP) is 3.23. The standard InChI is InChI=1S/C13H16ClN3O/c1-2-5-9(8-15)13-16-12(17-18-13)10-6-3-4-7-11(10)14/h3-4,6-7,9H,2,5,8,15H2,1H3. The van der Waals surface area contributed by atoms with Gasteiger partial charge in [-0.25, -0.2) is 0 Å². The number of hydrogen-bond acceptors (Lipinski definition) is 4. The highest BCUT2D eigenvalue weighted by Gasteiger charge is 2.18. The number of rotatable bonds is 5. The lowest BCUT2D eigenvalue weighted by atomic mass is 10.0. The van der Waals surface area contributed by atoms with Gasteiger partial charge in [0.25, 0.3) is 0 Å². The topological polar surface area (TPSA) is 64.9 Å². The van der Waals surface area contributed by atoms with Crippen molar-refractivity contribution < 1.29 is 4.52 Å². The van der Waals surface area contributed by atoms with Crippen molar-refractivity contribution in [1.82, 2.24) is 10.1 Å². The molecule has 1 atom stereocenters. The average Bonchev–Trinajstić information content (AvgIpc) is 2.85. The minimum atomic E-state index is 0.124. The normalized spacial score (nSPS) is 12.6. The van der Waals surface area contributed by atoms with E-state index in [-0.39, 0.29) is 5.92 Å². The fourth-order valence-electron chi connectivity index (χ4n) is 1.84. The third-order valence-electron chi connectivity index (χ3n) is 2.83. The third kappa shape index (κ3) is 2.71. The molecule has 0 saturated heterocycles. The Morgan fingerprint density at radius 3 is 2.83 bits per heavy atom. The van der Waals surface area contributed by atoms with Gasteiger partial charge in [-0.15, -0.1) is 0 Å². The van der Waals surface area contributed by atoms with Crippen molar-refractivity contribution in [1.29, 1.82) is 0 Å². The molecule has 1 unspecified atom stereocenters. The van der Waals surface area contributed by atoms with E-state index in [1.54, 1.807) is 6.07 Å². The first-order chi connectivity index (χ1) is 8.76. The van der Waals surface area contributed by atoms with E-state index >= 15 is 0 Å². The van der Waals surface area contributed by atoms with Crippen LogP contribution in [0.25, 0.3) is 11.4 Å². The monoisotopic (exact) mass is 265 g/mol. The number of aromatic nitrogens is 2. The molecule has 0 bridgehead atoms. The van der Waals surface area contributed by atoms with Gasteiger partial charge in [0.1, 0.15) is 0 Å². The fraction of sp³-hybridized carbons (Fsp3) is 0.385. The number of nitrogens with two attached hydrogens (primary N) is 1. The van der Waals surface area contributed by atoms with Crippen molar-refractivity contribution in [3.63, 3.8) is 0 Å². The van der Waals surface area contributed by atoms with E-state index in [0.717, 1.165) is 18.4 Å². The zero-order valence-corrected chi connectivity index (χ0v) is 11.0. The van der Waals surface area contributed by atoms with Crippen molar-refractivity contribution in [2.24, 2.45) is 5.73 Å². The summed E-state index contributed by atoms with van der Waals surface area (Å²) in [4.78, 5) is 4.39. The van der Waals surface area contributed by atoms with Gasteiger partial charge in [-0.05, 0) is 18.6 Å². The molecule has 0 aliphatic heterocycles. The molecule has 2 aromatic rings. The average molecular weight is 266 g/mol. The lowest BCUT2D eigenvalue weighted by Gasteiger charge is -2.06. The lowest BCUT2D eigenvalue weighted by Crippen LogP contribution is -2.12. The first-order valence-corrected chi connectivity index (χ1v) is 6.42. The minimum Gasteiger partial charge on any atom is -0.339 e. The molecule has 2 N–H and O–H groups in total. The Morgan fingerprint density at radius 1 is 1.39 bits per heavy atom. The van der Waals surface area contributed by atoms with Gasteiger partial charge in [0.05, 0.1) is 10.9 Å². The Morgan fingerprint density at radius 2 is 2.17 bits per heavy atom. The Bertz CT molecular complexity index is 512. The van der Waals surface area contributed by atoms with Crippen molar-refractivity contribution >= 4 is 11.6 Å². The SMILES string of the molecule is CCCC(CN)c1nc(-c2ccccc2Cl)no1. The molecule has 0 aliphatic carbocycles. The molecule has 1 aromatic carbocycles. The number of nitrogens with zero attached hydrogens (tertiary/aromatic N) is 2. The molecule has 1 heterocycles. The molecular weight excluding hydrogens is 250 g/mol. The van der Waals surface area contributed by atoms with E-state index in [4.69, 9.17) is 21.9 Å². The molecule has 1 aromatic heterocycles. The zero-order valence-electron chi connectivity index (χ0n) is 10.3. The summed E-state index contributed by atoms with van der Waals surface area (Å²) in [7, 11) is 0. The largest absolute Gasteiger partial charge is 0.339 e. The van der Waals surface area contributed by atoms with Crippen LogP contribution in [-0.2, 0) is 0 Å². The Kier molecular flexibility index (Phi) is 4.33. The summed E-state index contributed by atoms with van der Waals surface area (Å²) in [5.74, 6) is 1.23. The van der Waals surface area contributed by atoms with Crippen molar-refractivity contribution in [2.75, 3.05) is 6.54 Å². The van der Waals surface area contributed by atoms with Gasteiger partial charge < -0.3 is 10.3 Å². The van der Waals surface area contributed by atoms with Crippen LogP contribution in [0.2, 0.25) is 5.02 Å². The summed E-state index contributed by atoms with van der Waals surface area (Å²) < 4.78 is 5.28. The highest BCUT2D eigenvalue weighted by Crippen LogP contribution is 2.27. The lowest BCUT2D eigenvalue weighted by molar-refractivity contribution is 0.347. The molecule has 0 fully saturated rings. The van der Waals surface area contributed by atoms with Crippen LogP contribution in [0, 0.1) is 0 Å². The molecule has 5 heteroatoms. The van der Waals surface area contributed by atoms with E-state index in [9.17, 15) is 0 Å². The van der Waals surface area contributed by atoms with Crippen LogP contribution in [0.15, 0.2) is 28.8 Å². The summed E-state index contributed by atoms with van der Waals surface area (Å²) in [5.41, 5.74) is 6.49. The Labute approximate surface area is 111 Å². The van der Waals surface area contributed by atoms with Crippen molar-refractivity contribution in [3.05, 3.63) is 35.2 Å². The molecule has 0 spiro atoms. The predicted molar refractivity (Wildman–Crippen MR) is 71.4 cm³/mol. The smallest absolute Gasteiger partial charge is 0.231 e. The molecule has 0 amide bonds. The molecule has 2 rings (SSSR count). The second-order valence-electron chi connectivity index (χ2n) is 4.16. The summed E-state index contributed by atoms with van der Waals surface area (Å²) in [6.45, 7) is 2.62. The highest BCUT2D eigenvalue weighted by molar-refractivity contribution is 6.33. The molecule has 4 nitrogen and oxygen atoms in total. The maximum Gasteiger partial charge on any atom is 0.231 e. The van der Waals surface area contributed by atoms with E-state index in [0.29, 0.717) is 23.3 Å². The Hall–Kier alpha value is -1.39. The van der Waals surface area contributed by atoms with Crippen LogP contribution in [0.3, 0.4) is 0 Å². The van der Waals surface area contributed by atoms with Crippen LogP contribution in [-0.4, -0.2) is 16.7 Å². The van der Waals surface area contributed by atoms with Gasteiger partial charge in [0.15, 0.2) is 0 Å². The van der Waals surface area contributed by atoms with Crippen LogP contribution in [0.1, 0.15) is 31.6 Å². The minimum absolute atomic E-state index is 0.124. The molecule has 0 radical (unpaired) electrons. The van der Waals surface area contributed by atoms with Gasteiger partial charge in [-0.3, -0.25) is 0 Å². The van der Waals surface area contributed by atoms with E-state index in [1.165, 1.54) is 0 Å². The fourth-order valence-corrected chi connectivity index (χ4v) is 2.06. The molecule has 0 saturated carbocycles. The second-order valence-corrected chi connectivity index (χ2v) is 4.56. The third-order valence-corrected chi connectivity index (χ3v) is 3.16. The van der Waals surface area contributed by atoms with Gasteiger partial charge in [0, 0.05) is 12.1 Å². The van der Waals surface area contributed by atoms with Crippen molar-refractivity contribution in [2.45, 2.75) is 25.7 Å². The quantitative estimate of drug-likeness (QED) is 0.901. The number of hydrogen-bond donors (Lipinski definition) is 1. The Balaban J connectivity index is 2.28. The molecule has 0 aliphatic rings. The van der Waals surface area contributed by atoms with Crippen LogP contribution in [0.4, 0.5) is 0 Å². The zero-order chi connectivity index (χ0) is 13.0. The van der Waals surface area contributed by atoms with E-state index in [2.05, 4.69) is 17.1 Å². The maximum absolute atomic E-state index is 6.10. The second kappa shape index (κ2) is 5.98. The molecular formula is C13H16ClN3O. The van der Waals surface area contributed by atoms with Gasteiger partial charge in [0.2, 0.25) is 11.7 Å². The summed E-state index contributed by atoms with van der Waals surface area (Å²) >= 11 is 6.10. The van der Waals surface area contributed by atoms with E-state index in [1.807, 2.05) is 18.2 Å². The van der Waals surface area contributed by atoms with Gasteiger partial charge in [-0.1, -0.05) is 42.2 Å². The number of benzene rings is 1. The molecule has 96 valence electrons. The van der Waals surface area contributed by atoms with Crippen LogP contribution >= 0.6 is 11.6 Å². The van der Waals surface area contributed by atoms with Crippen LogP contribution in [0.5, 0.6) is 0 Å². The summed E-state index contributed by atoms with van der Waals surface area (Å²) in [5, 5.41) is 4.59. The first kappa shape index (κ1) is 13.1. The maximum atomic E-state index is 6.10. The van der Waals surface area contributed by atoms with Crippen LogP contribution < -0.4 is 5.73 Å². The van der Waals surface area contributed by atoms with E-state index < -0.39 is 0 Å². The van der Waals surface area contributed by atoms with Crippen molar-refractivity contribution in [3.8, 4) is 11.4 Å². The van der Waals surface area contributed by atoms with Gasteiger partial charge >= 0.3 is 0 Å². The highest BCUT2D eigenvalue weighted by atomic mass is 35.5. The first-order valence-electron chi connectivity index (χ1n) is 6.04. The number of halogens is 1. The molecule has 18 heavy (non-hydrogen) atoms. The summed E-state index contributed by atoms with van der Waals surface area (Å²) in [6, 6.07) is 7.43. The van der Waals surface area contributed by atoms with Gasteiger partial charge in [-0.2, -0.15) is 4.98 Å². The summed E-state index contributed by atoms with van der Waals surface area (Å²) in [6.07, 6.45) is 1.98.